The Kier molecular flexibility index (Phi) is 47.4. The van der Waals surface area contributed by atoms with E-state index in [1.165, 1.54) is 116 Å². The molecule has 0 N–H and O–H groups in total. The van der Waals surface area contributed by atoms with Gasteiger partial charge in [0.15, 0.2) is 6.10 Å². The Hall–Kier alpha value is -2.89. The fourth-order valence-electron chi connectivity index (χ4n) is 7.13. The van der Waals surface area contributed by atoms with Gasteiger partial charge in [0.1, 0.15) is 13.2 Å². The summed E-state index contributed by atoms with van der Waals surface area (Å²) in [5.41, 5.74) is 0. The molecule has 0 aromatic carbocycles. The van der Waals surface area contributed by atoms with Gasteiger partial charge in [0.25, 0.3) is 0 Å². The van der Waals surface area contributed by atoms with Crippen molar-refractivity contribution >= 4 is 17.9 Å². The lowest BCUT2D eigenvalue weighted by Gasteiger charge is -2.18. The third-order valence-electron chi connectivity index (χ3n) is 11.0. The van der Waals surface area contributed by atoms with Crippen LogP contribution < -0.4 is 0 Å². The quantitative estimate of drug-likeness (QED) is 0.0263. The molecule has 0 radical (unpaired) electrons. The Morgan fingerprint density at radius 3 is 1.02 bits per heavy atom. The van der Waals surface area contributed by atoms with E-state index in [9.17, 15) is 14.4 Å². The van der Waals surface area contributed by atoms with Crippen LogP contribution in [0.5, 0.6) is 0 Å². The van der Waals surface area contributed by atoms with Crippen LogP contribution in [0.3, 0.4) is 0 Å². The molecule has 0 amide bonds. The lowest BCUT2D eigenvalue weighted by Crippen LogP contribution is -2.30. The van der Waals surface area contributed by atoms with E-state index in [-0.39, 0.29) is 31.1 Å². The van der Waals surface area contributed by atoms with Gasteiger partial charge in [-0.3, -0.25) is 14.4 Å². The second-order valence-corrected chi connectivity index (χ2v) is 17.1. The summed E-state index contributed by atoms with van der Waals surface area (Å²) in [5.74, 6) is -0.913. The Balaban J connectivity index is 4.28. The highest BCUT2D eigenvalue weighted by Crippen LogP contribution is 2.14. The predicted molar refractivity (Wildman–Crippen MR) is 261 cm³/mol. The molecule has 0 aliphatic rings. The fraction of sp³-hybridized carbons (Fsp3) is 0.764. The Morgan fingerprint density at radius 2 is 0.639 bits per heavy atom. The number of allylic oxidation sites excluding steroid dienone is 10. The van der Waals surface area contributed by atoms with E-state index in [1.807, 2.05) is 0 Å². The number of unbranched alkanes of at least 4 members (excludes halogenated alkanes) is 25. The van der Waals surface area contributed by atoms with Gasteiger partial charge in [0.2, 0.25) is 0 Å². The molecule has 6 nitrogen and oxygen atoms in total. The van der Waals surface area contributed by atoms with Crippen molar-refractivity contribution in [1.82, 2.24) is 0 Å². The highest BCUT2D eigenvalue weighted by molar-refractivity contribution is 5.71. The molecule has 61 heavy (non-hydrogen) atoms. The van der Waals surface area contributed by atoms with Crippen molar-refractivity contribution in [3.63, 3.8) is 0 Å². The summed E-state index contributed by atoms with van der Waals surface area (Å²) >= 11 is 0. The number of esters is 3. The van der Waals surface area contributed by atoms with Gasteiger partial charge in [-0.25, -0.2) is 0 Å². The fourth-order valence-corrected chi connectivity index (χ4v) is 7.13. The summed E-state index contributed by atoms with van der Waals surface area (Å²) < 4.78 is 16.7. The predicted octanol–water partition coefficient (Wildman–Crippen LogP) is 16.9. The van der Waals surface area contributed by atoms with Crippen LogP contribution in [0.25, 0.3) is 0 Å². The average molecular weight is 853 g/mol. The van der Waals surface area contributed by atoms with E-state index < -0.39 is 6.10 Å². The summed E-state index contributed by atoms with van der Waals surface area (Å²) in [6.45, 7) is 6.46. The number of rotatable bonds is 46. The standard InChI is InChI=1S/C55H96O6/c1-4-7-10-13-16-18-20-22-24-26-27-29-30-32-34-36-39-42-45-48-54(57)60-51-52(50-59-53(56)47-44-41-38-15-12-9-6-3)61-55(58)49-46-43-40-37-35-33-31-28-25-23-21-19-17-14-11-8-5-2/h8,11,17,19,22-25,31,33,52H,4-7,9-10,12-16,18,20-21,26-30,32,34-51H2,1-3H3/b11-8-,19-17-,24-22-,25-23-,33-31-. The number of hydrogen-bond donors (Lipinski definition) is 0. The molecule has 1 unspecified atom stereocenters. The molecule has 0 aliphatic heterocycles. The molecular weight excluding hydrogens is 757 g/mol. The maximum Gasteiger partial charge on any atom is 0.306 e. The number of carbonyl (C=O) groups excluding carboxylic acids is 3. The van der Waals surface area contributed by atoms with Crippen molar-refractivity contribution in [3.05, 3.63) is 60.8 Å². The molecule has 0 heterocycles. The van der Waals surface area contributed by atoms with E-state index in [2.05, 4.69) is 81.5 Å². The van der Waals surface area contributed by atoms with Crippen LogP contribution in [0.15, 0.2) is 60.8 Å². The van der Waals surface area contributed by atoms with Gasteiger partial charge in [-0.15, -0.1) is 0 Å². The molecule has 0 aromatic heterocycles. The second-order valence-electron chi connectivity index (χ2n) is 17.1. The van der Waals surface area contributed by atoms with Crippen LogP contribution in [0.4, 0.5) is 0 Å². The van der Waals surface area contributed by atoms with E-state index in [1.54, 1.807) is 0 Å². The molecule has 0 spiro atoms. The third kappa shape index (κ3) is 48.0. The van der Waals surface area contributed by atoms with Crippen LogP contribution in [0.1, 0.15) is 252 Å². The van der Waals surface area contributed by atoms with Crippen LogP contribution in [-0.4, -0.2) is 37.2 Å². The lowest BCUT2D eigenvalue weighted by molar-refractivity contribution is -0.167. The summed E-state index contributed by atoms with van der Waals surface area (Å²) in [6.07, 6.45) is 60.8. The van der Waals surface area contributed by atoms with Gasteiger partial charge in [0, 0.05) is 19.3 Å². The molecule has 1 atom stereocenters. The molecule has 0 bridgehead atoms. The monoisotopic (exact) mass is 853 g/mol. The molecule has 0 saturated carbocycles. The SMILES string of the molecule is CC/C=C\C/C=C\C/C=C\C/C=C\CCCCCCC(=O)OC(COC(=O)CCCCCCCCC)COC(=O)CCCCCCCCCCC/C=C\CCCCCCCC. The first kappa shape index (κ1) is 58.1. The summed E-state index contributed by atoms with van der Waals surface area (Å²) in [7, 11) is 0. The molecule has 0 saturated heterocycles. The van der Waals surface area contributed by atoms with Gasteiger partial charge in [0.05, 0.1) is 0 Å². The van der Waals surface area contributed by atoms with E-state index in [4.69, 9.17) is 14.2 Å². The largest absolute Gasteiger partial charge is 0.462 e. The lowest BCUT2D eigenvalue weighted by atomic mass is 10.1. The third-order valence-corrected chi connectivity index (χ3v) is 11.0. The molecule has 0 fully saturated rings. The maximum atomic E-state index is 12.8. The van der Waals surface area contributed by atoms with Gasteiger partial charge >= 0.3 is 17.9 Å². The Bertz CT molecular complexity index is 1120. The van der Waals surface area contributed by atoms with Gasteiger partial charge in [-0.2, -0.15) is 0 Å². The first-order chi connectivity index (χ1) is 30.0. The highest BCUT2D eigenvalue weighted by Gasteiger charge is 2.19. The zero-order chi connectivity index (χ0) is 44.4. The maximum absolute atomic E-state index is 12.8. The van der Waals surface area contributed by atoms with Crippen LogP contribution in [-0.2, 0) is 28.6 Å². The number of carbonyl (C=O) groups is 3. The van der Waals surface area contributed by atoms with Crippen molar-refractivity contribution < 1.29 is 28.6 Å². The molecule has 352 valence electrons. The Morgan fingerprint density at radius 1 is 0.344 bits per heavy atom. The van der Waals surface area contributed by atoms with Crippen molar-refractivity contribution in [2.75, 3.05) is 13.2 Å². The van der Waals surface area contributed by atoms with Crippen molar-refractivity contribution in [1.29, 1.82) is 0 Å². The minimum atomic E-state index is -0.784. The number of ether oxygens (including phenoxy) is 3. The van der Waals surface area contributed by atoms with Crippen molar-refractivity contribution in [3.8, 4) is 0 Å². The van der Waals surface area contributed by atoms with Crippen molar-refractivity contribution in [2.24, 2.45) is 0 Å². The topological polar surface area (TPSA) is 78.9 Å². The first-order valence-electron chi connectivity index (χ1n) is 25.8. The van der Waals surface area contributed by atoms with E-state index >= 15 is 0 Å². The van der Waals surface area contributed by atoms with E-state index in [0.717, 1.165) is 96.3 Å². The molecule has 0 rings (SSSR count). The van der Waals surface area contributed by atoms with Crippen LogP contribution in [0.2, 0.25) is 0 Å². The molecule has 6 heteroatoms. The van der Waals surface area contributed by atoms with E-state index in [0.29, 0.717) is 19.3 Å². The zero-order valence-electron chi connectivity index (χ0n) is 40.2. The molecule has 0 aliphatic carbocycles. The first-order valence-corrected chi connectivity index (χ1v) is 25.8. The minimum Gasteiger partial charge on any atom is -0.462 e. The average Bonchev–Trinajstić information content (AvgIpc) is 3.26. The summed E-state index contributed by atoms with van der Waals surface area (Å²) in [4.78, 5) is 37.8. The number of hydrogen-bond acceptors (Lipinski definition) is 6. The molecular formula is C55H96O6. The van der Waals surface area contributed by atoms with Crippen molar-refractivity contribution in [2.45, 2.75) is 258 Å². The second kappa shape index (κ2) is 49.8. The zero-order valence-corrected chi connectivity index (χ0v) is 40.2. The smallest absolute Gasteiger partial charge is 0.306 e. The normalized spacial score (nSPS) is 12.5. The van der Waals surface area contributed by atoms with Gasteiger partial charge < -0.3 is 14.2 Å². The summed E-state index contributed by atoms with van der Waals surface area (Å²) in [6, 6.07) is 0. The summed E-state index contributed by atoms with van der Waals surface area (Å²) in [5, 5.41) is 0. The van der Waals surface area contributed by atoms with Crippen LogP contribution in [0, 0.1) is 0 Å². The van der Waals surface area contributed by atoms with Gasteiger partial charge in [-0.1, -0.05) is 210 Å². The Labute approximate surface area is 377 Å². The molecule has 0 aromatic rings. The highest BCUT2D eigenvalue weighted by atomic mass is 16.6. The minimum absolute atomic E-state index is 0.0842. The van der Waals surface area contributed by atoms with Gasteiger partial charge in [-0.05, 0) is 83.5 Å². The van der Waals surface area contributed by atoms with Crippen LogP contribution >= 0.6 is 0 Å².